The standard InChI is InChI=1S/C15H23NO3/c1-15(2,3)9-10-4-6-13(17)11(8-10)12(16)5-7-14(18)19/h4,6,8,12,17H,5,7,9,16H2,1-3H3,(H,18,19). The molecule has 0 saturated carbocycles. The van der Waals surface area contributed by atoms with E-state index in [1.165, 1.54) is 0 Å². The first-order valence-electron chi connectivity index (χ1n) is 6.48. The van der Waals surface area contributed by atoms with Gasteiger partial charge in [0.15, 0.2) is 0 Å². The molecular formula is C15H23NO3. The molecule has 0 spiro atoms. The lowest BCUT2D eigenvalue weighted by Gasteiger charge is -2.20. The molecule has 1 aromatic carbocycles. The van der Waals surface area contributed by atoms with Crippen molar-refractivity contribution in [3.05, 3.63) is 29.3 Å². The van der Waals surface area contributed by atoms with Crippen LogP contribution in [0.2, 0.25) is 0 Å². The summed E-state index contributed by atoms with van der Waals surface area (Å²) in [5.41, 5.74) is 7.84. The Balaban J connectivity index is 2.87. The third kappa shape index (κ3) is 5.30. The zero-order valence-electron chi connectivity index (χ0n) is 11.8. The Kier molecular flexibility index (Phi) is 4.95. The lowest BCUT2D eigenvalue weighted by Crippen LogP contribution is -2.14. The maximum atomic E-state index is 10.6. The van der Waals surface area contributed by atoms with Crippen molar-refractivity contribution in [2.75, 3.05) is 0 Å². The second kappa shape index (κ2) is 6.06. The van der Waals surface area contributed by atoms with Gasteiger partial charge in [0, 0.05) is 18.0 Å². The molecule has 4 nitrogen and oxygen atoms in total. The number of carbonyl (C=O) groups is 1. The molecule has 0 aliphatic rings. The summed E-state index contributed by atoms with van der Waals surface area (Å²) in [6.45, 7) is 6.43. The lowest BCUT2D eigenvalue weighted by atomic mass is 9.87. The predicted molar refractivity (Wildman–Crippen MR) is 75.1 cm³/mol. The van der Waals surface area contributed by atoms with E-state index in [0.29, 0.717) is 12.0 Å². The van der Waals surface area contributed by atoms with E-state index < -0.39 is 12.0 Å². The molecule has 4 heteroatoms. The lowest BCUT2D eigenvalue weighted by molar-refractivity contribution is -0.137. The van der Waals surface area contributed by atoms with Gasteiger partial charge in [-0.05, 0) is 29.9 Å². The van der Waals surface area contributed by atoms with Gasteiger partial charge >= 0.3 is 5.97 Å². The van der Waals surface area contributed by atoms with E-state index in [0.717, 1.165) is 12.0 Å². The average Bonchev–Trinajstić information content (AvgIpc) is 2.26. The van der Waals surface area contributed by atoms with Crippen LogP contribution in [0.4, 0.5) is 0 Å². The molecule has 0 saturated heterocycles. The third-order valence-electron chi connectivity index (χ3n) is 2.90. The summed E-state index contributed by atoms with van der Waals surface area (Å²) in [6.07, 6.45) is 1.21. The van der Waals surface area contributed by atoms with E-state index in [9.17, 15) is 9.90 Å². The van der Waals surface area contributed by atoms with Crippen LogP contribution in [0.5, 0.6) is 5.75 Å². The molecule has 1 atom stereocenters. The number of hydrogen-bond acceptors (Lipinski definition) is 3. The molecule has 0 radical (unpaired) electrons. The van der Waals surface area contributed by atoms with Gasteiger partial charge in [0.2, 0.25) is 0 Å². The van der Waals surface area contributed by atoms with Gasteiger partial charge in [-0.3, -0.25) is 4.79 Å². The highest BCUT2D eigenvalue weighted by atomic mass is 16.4. The zero-order chi connectivity index (χ0) is 14.6. The minimum Gasteiger partial charge on any atom is -0.508 e. The number of aliphatic carboxylic acids is 1. The van der Waals surface area contributed by atoms with Crippen LogP contribution in [-0.2, 0) is 11.2 Å². The molecule has 0 aromatic heterocycles. The van der Waals surface area contributed by atoms with E-state index in [4.69, 9.17) is 10.8 Å². The Labute approximate surface area is 114 Å². The highest BCUT2D eigenvalue weighted by molar-refractivity contribution is 5.66. The van der Waals surface area contributed by atoms with Crippen LogP contribution in [-0.4, -0.2) is 16.2 Å². The summed E-state index contributed by atoms with van der Waals surface area (Å²) in [5, 5.41) is 18.5. The Morgan fingerprint density at radius 1 is 1.37 bits per heavy atom. The Morgan fingerprint density at radius 3 is 2.53 bits per heavy atom. The van der Waals surface area contributed by atoms with Gasteiger partial charge in [-0.15, -0.1) is 0 Å². The number of rotatable bonds is 5. The van der Waals surface area contributed by atoms with Gasteiger partial charge in [-0.1, -0.05) is 32.9 Å². The number of hydrogen-bond donors (Lipinski definition) is 3. The van der Waals surface area contributed by atoms with E-state index in [1.54, 1.807) is 6.07 Å². The molecule has 0 aliphatic carbocycles. The third-order valence-corrected chi connectivity index (χ3v) is 2.90. The maximum absolute atomic E-state index is 10.6. The molecule has 4 N–H and O–H groups in total. The van der Waals surface area contributed by atoms with Crippen molar-refractivity contribution in [2.24, 2.45) is 11.1 Å². The van der Waals surface area contributed by atoms with Crippen LogP contribution in [0.3, 0.4) is 0 Å². The van der Waals surface area contributed by atoms with Crippen LogP contribution in [0.1, 0.15) is 50.8 Å². The average molecular weight is 265 g/mol. The van der Waals surface area contributed by atoms with Crippen LogP contribution in [0.25, 0.3) is 0 Å². The molecule has 1 rings (SSSR count). The fourth-order valence-corrected chi connectivity index (χ4v) is 2.06. The topological polar surface area (TPSA) is 83.5 Å². The Hall–Kier alpha value is -1.55. The molecule has 19 heavy (non-hydrogen) atoms. The molecular weight excluding hydrogens is 242 g/mol. The fraction of sp³-hybridized carbons (Fsp3) is 0.533. The highest BCUT2D eigenvalue weighted by Gasteiger charge is 2.16. The van der Waals surface area contributed by atoms with E-state index in [2.05, 4.69) is 20.8 Å². The predicted octanol–water partition coefficient (Wildman–Crippen LogP) is 2.85. The summed E-state index contributed by atoms with van der Waals surface area (Å²) >= 11 is 0. The number of nitrogens with two attached hydrogens (primary N) is 1. The van der Waals surface area contributed by atoms with E-state index >= 15 is 0 Å². The van der Waals surface area contributed by atoms with Crippen molar-refractivity contribution in [3.63, 3.8) is 0 Å². The largest absolute Gasteiger partial charge is 0.508 e. The first-order valence-corrected chi connectivity index (χ1v) is 6.48. The maximum Gasteiger partial charge on any atom is 0.303 e. The summed E-state index contributed by atoms with van der Waals surface area (Å²) in [6, 6.07) is 4.95. The molecule has 0 fully saturated rings. The second-order valence-electron chi connectivity index (χ2n) is 6.17. The molecule has 1 aromatic rings. The number of benzene rings is 1. The summed E-state index contributed by atoms with van der Waals surface area (Å²) < 4.78 is 0. The second-order valence-corrected chi connectivity index (χ2v) is 6.17. The summed E-state index contributed by atoms with van der Waals surface area (Å²) in [5.74, 6) is -0.740. The first kappa shape index (κ1) is 15.5. The first-order chi connectivity index (χ1) is 8.69. The van der Waals surface area contributed by atoms with Crippen molar-refractivity contribution in [2.45, 2.75) is 46.1 Å². The van der Waals surface area contributed by atoms with Crippen LogP contribution in [0, 0.1) is 5.41 Å². The van der Waals surface area contributed by atoms with Gasteiger partial charge in [-0.25, -0.2) is 0 Å². The van der Waals surface area contributed by atoms with Gasteiger partial charge in [0.1, 0.15) is 5.75 Å². The van der Waals surface area contributed by atoms with Crippen LogP contribution >= 0.6 is 0 Å². The van der Waals surface area contributed by atoms with Crippen molar-refractivity contribution < 1.29 is 15.0 Å². The molecule has 106 valence electrons. The minimum absolute atomic E-state index is 0.00407. The SMILES string of the molecule is CC(C)(C)Cc1ccc(O)c(C(N)CCC(=O)O)c1. The number of aromatic hydroxyl groups is 1. The van der Waals surface area contributed by atoms with Crippen molar-refractivity contribution in [1.29, 1.82) is 0 Å². The molecule has 0 aliphatic heterocycles. The van der Waals surface area contributed by atoms with Gasteiger partial charge in [-0.2, -0.15) is 0 Å². The highest BCUT2D eigenvalue weighted by Crippen LogP contribution is 2.29. The van der Waals surface area contributed by atoms with Crippen molar-refractivity contribution >= 4 is 5.97 Å². The summed E-state index contributed by atoms with van der Waals surface area (Å²) in [4.78, 5) is 10.6. The minimum atomic E-state index is -0.874. The van der Waals surface area contributed by atoms with E-state index in [1.807, 2.05) is 12.1 Å². The normalized spacial score (nSPS) is 13.3. The van der Waals surface area contributed by atoms with Gasteiger partial charge in [0.05, 0.1) is 0 Å². The summed E-state index contributed by atoms with van der Waals surface area (Å²) in [7, 11) is 0. The molecule has 0 amide bonds. The Bertz CT molecular complexity index is 449. The van der Waals surface area contributed by atoms with Crippen LogP contribution in [0.15, 0.2) is 18.2 Å². The van der Waals surface area contributed by atoms with Crippen molar-refractivity contribution in [3.8, 4) is 5.75 Å². The number of carboxylic acid groups (broad SMARTS) is 1. The van der Waals surface area contributed by atoms with Crippen molar-refractivity contribution in [1.82, 2.24) is 0 Å². The molecule has 0 bridgehead atoms. The monoisotopic (exact) mass is 265 g/mol. The Morgan fingerprint density at radius 2 is 2.00 bits per heavy atom. The smallest absolute Gasteiger partial charge is 0.303 e. The number of phenolic OH excluding ortho intramolecular Hbond substituents is 1. The zero-order valence-corrected chi connectivity index (χ0v) is 11.8. The van der Waals surface area contributed by atoms with Gasteiger partial charge in [0.25, 0.3) is 0 Å². The molecule has 1 unspecified atom stereocenters. The fourth-order valence-electron chi connectivity index (χ4n) is 2.06. The quantitative estimate of drug-likeness (QED) is 0.764. The van der Waals surface area contributed by atoms with E-state index in [-0.39, 0.29) is 17.6 Å². The number of phenols is 1. The molecule has 0 heterocycles. The number of carboxylic acids is 1. The van der Waals surface area contributed by atoms with Gasteiger partial charge < -0.3 is 15.9 Å². The van der Waals surface area contributed by atoms with Crippen LogP contribution < -0.4 is 5.73 Å².